The van der Waals surface area contributed by atoms with Gasteiger partial charge in [-0.15, -0.1) is 0 Å². The number of amides is 1. The van der Waals surface area contributed by atoms with Crippen LogP contribution < -0.4 is 10.9 Å². The number of hydrogen-bond acceptors (Lipinski definition) is 4. The van der Waals surface area contributed by atoms with Crippen LogP contribution in [0.5, 0.6) is 0 Å². The Morgan fingerprint density at radius 1 is 1.12 bits per heavy atom. The van der Waals surface area contributed by atoms with Crippen LogP contribution in [0.1, 0.15) is 27.5 Å². The summed E-state index contributed by atoms with van der Waals surface area (Å²) in [5, 5.41) is 11.1. The lowest BCUT2D eigenvalue weighted by molar-refractivity contribution is -0.192. The van der Waals surface area contributed by atoms with Crippen molar-refractivity contribution in [2.45, 2.75) is 19.1 Å². The Kier molecular flexibility index (Phi) is 7.35. The van der Waals surface area contributed by atoms with Crippen LogP contribution in [0, 0.1) is 12.7 Å². The molecular formula is C23H21F4N3O4. The molecule has 1 unspecified atom stereocenters. The number of H-pyrrole nitrogens is 1. The summed E-state index contributed by atoms with van der Waals surface area (Å²) in [7, 11) is 0. The molecule has 7 nitrogen and oxygen atoms in total. The molecule has 4 rings (SSSR count). The Hall–Kier alpha value is -3.73. The molecule has 0 radical (unpaired) electrons. The molecule has 3 N–H and O–H groups in total. The zero-order valence-corrected chi connectivity index (χ0v) is 17.9. The molecule has 180 valence electrons. The minimum Gasteiger partial charge on any atom is -0.475 e. The third-order valence-electron chi connectivity index (χ3n) is 5.30. The number of carboxylic acids is 1. The van der Waals surface area contributed by atoms with Gasteiger partial charge in [0.25, 0.3) is 5.91 Å². The van der Waals surface area contributed by atoms with Gasteiger partial charge in [-0.05, 0) is 36.2 Å². The highest BCUT2D eigenvalue weighted by Gasteiger charge is 2.38. The van der Waals surface area contributed by atoms with Crippen molar-refractivity contribution < 1.29 is 32.3 Å². The minimum atomic E-state index is -5.08. The molecule has 1 aliphatic rings. The molecule has 1 aliphatic heterocycles. The summed E-state index contributed by atoms with van der Waals surface area (Å²) < 4.78 is 45.2. The van der Waals surface area contributed by atoms with Gasteiger partial charge in [-0.1, -0.05) is 24.3 Å². The van der Waals surface area contributed by atoms with Gasteiger partial charge >= 0.3 is 12.1 Å². The molecule has 2 heterocycles. The maximum Gasteiger partial charge on any atom is 0.490 e. The third kappa shape index (κ3) is 5.79. The number of aromatic nitrogens is 1. The SMILES string of the molecule is Cc1ccccc1C1CN(C(=O)c2cc(=O)[nH]c3cc(F)ccc23)CCN1.O=C(O)C(F)(F)F. The Morgan fingerprint density at radius 3 is 2.44 bits per heavy atom. The van der Waals surface area contributed by atoms with E-state index in [9.17, 15) is 27.2 Å². The molecule has 1 fully saturated rings. The van der Waals surface area contributed by atoms with Gasteiger partial charge in [-0.3, -0.25) is 9.59 Å². The lowest BCUT2D eigenvalue weighted by Crippen LogP contribution is -2.48. The Bertz CT molecular complexity index is 1270. The number of aliphatic carboxylic acids is 1. The number of halogens is 4. The number of hydrogen-bond donors (Lipinski definition) is 3. The second-order valence-corrected chi connectivity index (χ2v) is 7.65. The predicted octanol–water partition coefficient (Wildman–Crippen LogP) is 3.40. The largest absolute Gasteiger partial charge is 0.490 e. The Balaban J connectivity index is 0.000000406. The molecule has 0 aliphatic carbocycles. The second kappa shape index (κ2) is 10.0. The molecule has 0 saturated carbocycles. The zero-order valence-electron chi connectivity index (χ0n) is 17.9. The van der Waals surface area contributed by atoms with Crippen LogP contribution in [0.2, 0.25) is 0 Å². The van der Waals surface area contributed by atoms with Gasteiger partial charge < -0.3 is 20.3 Å². The van der Waals surface area contributed by atoms with Crippen molar-refractivity contribution in [2.75, 3.05) is 19.6 Å². The van der Waals surface area contributed by atoms with E-state index in [1.54, 1.807) is 4.90 Å². The van der Waals surface area contributed by atoms with E-state index in [4.69, 9.17) is 9.90 Å². The molecule has 1 amide bonds. The summed E-state index contributed by atoms with van der Waals surface area (Å²) in [4.78, 5) is 38.4. The summed E-state index contributed by atoms with van der Waals surface area (Å²) in [6, 6.07) is 13.5. The first-order valence-electron chi connectivity index (χ1n) is 10.2. The molecule has 0 spiro atoms. The van der Waals surface area contributed by atoms with Crippen LogP contribution >= 0.6 is 0 Å². The van der Waals surface area contributed by atoms with Gasteiger partial charge in [0.2, 0.25) is 5.56 Å². The van der Waals surface area contributed by atoms with E-state index in [2.05, 4.69) is 29.4 Å². The molecule has 2 aromatic carbocycles. The fourth-order valence-electron chi connectivity index (χ4n) is 3.70. The van der Waals surface area contributed by atoms with Crippen molar-refractivity contribution in [3.8, 4) is 0 Å². The van der Waals surface area contributed by atoms with Gasteiger partial charge in [0.15, 0.2) is 0 Å². The van der Waals surface area contributed by atoms with Crippen LogP contribution in [-0.2, 0) is 4.79 Å². The third-order valence-corrected chi connectivity index (χ3v) is 5.30. The fraction of sp³-hybridized carbons (Fsp3) is 0.261. The van der Waals surface area contributed by atoms with Crippen LogP contribution in [0.25, 0.3) is 10.9 Å². The van der Waals surface area contributed by atoms with Gasteiger partial charge in [0, 0.05) is 31.1 Å². The molecule has 34 heavy (non-hydrogen) atoms. The average Bonchev–Trinajstić information content (AvgIpc) is 2.78. The van der Waals surface area contributed by atoms with Gasteiger partial charge in [0.1, 0.15) is 5.82 Å². The van der Waals surface area contributed by atoms with E-state index in [0.717, 1.165) is 5.56 Å². The van der Waals surface area contributed by atoms with Crippen molar-refractivity contribution in [3.05, 3.63) is 81.4 Å². The number of carboxylic acid groups (broad SMARTS) is 1. The second-order valence-electron chi connectivity index (χ2n) is 7.65. The van der Waals surface area contributed by atoms with Crippen molar-refractivity contribution in [2.24, 2.45) is 0 Å². The number of aromatic amines is 1. The van der Waals surface area contributed by atoms with Gasteiger partial charge in [-0.2, -0.15) is 13.2 Å². The quantitative estimate of drug-likeness (QED) is 0.489. The zero-order chi connectivity index (χ0) is 25.0. The number of fused-ring (bicyclic) bond motifs is 1. The number of rotatable bonds is 2. The first-order chi connectivity index (χ1) is 16.0. The van der Waals surface area contributed by atoms with Crippen LogP contribution in [0.15, 0.2) is 53.3 Å². The molecule has 3 aromatic rings. The summed E-state index contributed by atoms with van der Waals surface area (Å²) in [6.45, 7) is 3.78. The van der Waals surface area contributed by atoms with Crippen LogP contribution in [0.3, 0.4) is 0 Å². The topological polar surface area (TPSA) is 103 Å². The van der Waals surface area contributed by atoms with Crippen LogP contribution in [0.4, 0.5) is 17.6 Å². The van der Waals surface area contributed by atoms with E-state index in [1.807, 2.05) is 12.1 Å². The lowest BCUT2D eigenvalue weighted by Gasteiger charge is -2.34. The molecular weight excluding hydrogens is 458 g/mol. The standard InChI is InChI=1S/C21H20FN3O2.C2HF3O2/c1-13-4-2-3-5-15(13)19-12-25(9-8-23-19)21(27)17-11-20(26)24-18-10-14(22)6-7-16(17)18;3-2(4,5)1(6)7/h2-7,10-11,19,23H,8-9,12H2,1H3,(H,24,26);(H,6,7). The number of piperazine rings is 1. The van der Waals surface area contributed by atoms with Crippen LogP contribution in [-0.4, -0.2) is 52.7 Å². The molecule has 1 saturated heterocycles. The Morgan fingerprint density at radius 2 is 1.79 bits per heavy atom. The van der Waals surface area contributed by atoms with Gasteiger partial charge in [-0.25, -0.2) is 9.18 Å². The maximum absolute atomic E-state index is 13.5. The van der Waals surface area contributed by atoms with E-state index in [0.29, 0.717) is 36.1 Å². The fourth-order valence-corrected chi connectivity index (χ4v) is 3.70. The summed E-state index contributed by atoms with van der Waals surface area (Å²) in [5.41, 5.74) is 2.55. The highest BCUT2D eigenvalue weighted by molar-refractivity contribution is 6.06. The maximum atomic E-state index is 13.5. The smallest absolute Gasteiger partial charge is 0.475 e. The summed E-state index contributed by atoms with van der Waals surface area (Å²) in [5.74, 6) is -3.42. The van der Waals surface area contributed by atoms with E-state index < -0.39 is 23.5 Å². The predicted molar refractivity (Wildman–Crippen MR) is 116 cm³/mol. The minimum absolute atomic E-state index is 0.0367. The molecule has 1 atom stereocenters. The van der Waals surface area contributed by atoms with Gasteiger partial charge in [0.05, 0.1) is 17.1 Å². The van der Waals surface area contributed by atoms with Crippen molar-refractivity contribution >= 4 is 22.8 Å². The monoisotopic (exact) mass is 479 g/mol. The normalized spacial score (nSPS) is 16.0. The number of benzene rings is 2. The number of nitrogens with zero attached hydrogens (tertiary/aromatic N) is 1. The summed E-state index contributed by atoms with van der Waals surface area (Å²) >= 11 is 0. The number of aryl methyl sites for hydroxylation is 1. The van der Waals surface area contributed by atoms with E-state index in [-0.39, 0.29) is 11.9 Å². The number of pyridine rings is 1. The average molecular weight is 479 g/mol. The summed E-state index contributed by atoms with van der Waals surface area (Å²) in [6.07, 6.45) is -5.08. The number of alkyl halides is 3. The number of carbonyl (C=O) groups is 2. The van der Waals surface area contributed by atoms with Crippen molar-refractivity contribution in [3.63, 3.8) is 0 Å². The highest BCUT2D eigenvalue weighted by Crippen LogP contribution is 2.23. The van der Waals surface area contributed by atoms with E-state index in [1.165, 1.54) is 29.8 Å². The van der Waals surface area contributed by atoms with E-state index >= 15 is 0 Å². The number of carbonyl (C=O) groups excluding carboxylic acids is 1. The molecule has 0 bridgehead atoms. The first kappa shape index (κ1) is 24.9. The lowest BCUT2D eigenvalue weighted by atomic mass is 9.99. The number of nitrogens with one attached hydrogen (secondary N) is 2. The highest BCUT2D eigenvalue weighted by atomic mass is 19.4. The molecule has 11 heteroatoms. The Labute approximate surface area is 191 Å². The van der Waals surface area contributed by atoms with Crippen molar-refractivity contribution in [1.29, 1.82) is 0 Å². The first-order valence-corrected chi connectivity index (χ1v) is 10.2. The molecule has 1 aromatic heterocycles. The van der Waals surface area contributed by atoms with Crippen molar-refractivity contribution in [1.82, 2.24) is 15.2 Å².